The second kappa shape index (κ2) is 5.43. The molecule has 4 nitrogen and oxygen atoms in total. The van der Waals surface area contributed by atoms with Gasteiger partial charge in [-0.3, -0.25) is 8.89 Å². The first-order valence-electron chi connectivity index (χ1n) is 6.49. The Labute approximate surface area is 116 Å². The van der Waals surface area contributed by atoms with Crippen LogP contribution >= 0.6 is 0 Å². The number of aryl methyl sites for hydroxylation is 1. The van der Waals surface area contributed by atoms with Crippen LogP contribution < -0.4 is 5.73 Å². The largest absolute Gasteiger partial charge is 0.325 e. The molecule has 1 aromatic carbocycles. The monoisotopic (exact) mass is 279 g/mol. The van der Waals surface area contributed by atoms with Crippen molar-refractivity contribution in [2.75, 3.05) is 5.75 Å². The molecule has 0 aliphatic heterocycles. The topological polar surface area (TPSA) is 60.9 Å². The van der Waals surface area contributed by atoms with Crippen LogP contribution in [0, 0.1) is 0 Å². The number of nitrogens with two attached hydrogens (primary N) is 1. The van der Waals surface area contributed by atoms with Crippen LogP contribution in [0.1, 0.15) is 26.5 Å². The molecule has 1 heterocycles. The van der Waals surface area contributed by atoms with Crippen molar-refractivity contribution in [2.24, 2.45) is 5.73 Å². The molecule has 2 aromatic rings. The van der Waals surface area contributed by atoms with Crippen LogP contribution in [0.3, 0.4) is 0 Å². The molecule has 5 heteroatoms. The van der Waals surface area contributed by atoms with Crippen molar-refractivity contribution < 1.29 is 4.21 Å². The normalized spacial score (nSPS) is 13.9. The van der Waals surface area contributed by atoms with Crippen LogP contribution in [0.15, 0.2) is 24.3 Å². The van der Waals surface area contributed by atoms with Crippen molar-refractivity contribution in [1.82, 2.24) is 9.78 Å². The SMILES string of the molecule is CCn1nc(CS(=O)CC(C)(C)N)c2ccccc21. The van der Waals surface area contributed by atoms with Gasteiger partial charge in [-0.25, -0.2) is 0 Å². The Morgan fingerprint density at radius 2 is 2.05 bits per heavy atom. The molecule has 0 fully saturated rings. The lowest BCUT2D eigenvalue weighted by molar-refractivity contribution is 0.577. The lowest BCUT2D eigenvalue weighted by atomic mass is 10.1. The number of rotatable bonds is 5. The van der Waals surface area contributed by atoms with Crippen LogP contribution in [-0.4, -0.2) is 25.3 Å². The fourth-order valence-corrected chi connectivity index (χ4v) is 3.61. The highest BCUT2D eigenvalue weighted by atomic mass is 32.2. The number of para-hydroxylation sites is 1. The molecule has 0 saturated carbocycles. The second-order valence-corrected chi connectivity index (χ2v) is 6.95. The van der Waals surface area contributed by atoms with Gasteiger partial charge in [0.1, 0.15) is 0 Å². The van der Waals surface area contributed by atoms with E-state index < -0.39 is 16.3 Å². The summed E-state index contributed by atoms with van der Waals surface area (Å²) in [5.41, 5.74) is 7.51. The van der Waals surface area contributed by atoms with Crippen LogP contribution in [0.2, 0.25) is 0 Å². The van der Waals surface area contributed by atoms with Crippen LogP contribution in [0.25, 0.3) is 10.9 Å². The van der Waals surface area contributed by atoms with E-state index in [1.54, 1.807) is 0 Å². The van der Waals surface area contributed by atoms with Crippen LogP contribution in [0.5, 0.6) is 0 Å². The number of hydrogen-bond acceptors (Lipinski definition) is 3. The van der Waals surface area contributed by atoms with Crippen molar-refractivity contribution in [1.29, 1.82) is 0 Å². The molecule has 1 unspecified atom stereocenters. The second-order valence-electron chi connectivity index (χ2n) is 5.50. The number of nitrogens with zero attached hydrogens (tertiary/aromatic N) is 2. The molecule has 0 bridgehead atoms. The van der Waals surface area contributed by atoms with Gasteiger partial charge in [0.25, 0.3) is 0 Å². The van der Waals surface area contributed by atoms with Crippen LogP contribution in [0.4, 0.5) is 0 Å². The highest BCUT2D eigenvalue weighted by Gasteiger charge is 2.18. The third-order valence-corrected chi connectivity index (χ3v) is 4.53. The maximum Gasteiger partial charge on any atom is 0.0828 e. The average molecular weight is 279 g/mol. The third-order valence-electron chi connectivity index (χ3n) is 2.86. The van der Waals surface area contributed by atoms with E-state index in [2.05, 4.69) is 12.0 Å². The van der Waals surface area contributed by atoms with Gasteiger partial charge in [-0.1, -0.05) is 18.2 Å². The minimum Gasteiger partial charge on any atom is -0.325 e. The van der Waals surface area contributed by atoms with E-state index in [-0.39, 0.29) is 0 Å². The summed E-state index contributed by atoms with van der Waals surface area (Å²) in [4.78, 5) is 0. The van der Waals surface area contributed by atoms with E-state index in [1.807, 2.05) is 42.8 Å². The van der Waals surface area contributed by atoms with Gasteiger partial charge in [-0.15, -0.1) is 0 Å². The fraction of sp³-hybridized carbons (Fsp3) is 0.500. The maximum absolute atomic E-state index is 12.2. The molecule has 1 atom stereocenters. The molecule has 2 N–H and O–H groups in total. The molecule has 104 valence electrons. The third kappa shape index (κ3) is 3.42. The van der Waals surface area contributed by atoms with Crippen molar-refractivity contribution >= 4 is 21.7 Å². The Kier molecular flexibility index (Phi) is 4.06. The van der Waals surface area contributed by atoms with Gasteiger partial charge in [0.05, 0.1) is 17.0 Å². The smallest absolute Gasteiger partial charge is 0.0828 e. The van der Waals surface area contributed by atoms with E-state index >= 15 is 0 Å². The average Bonchev–Trinajstić information content (AvgIpc) is 2.65. The van der Waals surface area contributed by atoms with Gasteiger partial charge in [-0.05, 0) is 26.8 Å². The lowest BCUT2D eigenvalue weighted by Crippen LogP contribution is -2.38. The molecule has 2 rings (SSSR count). The first-order chi connectivity index (χ1) is 8.90. The van der Waals surface area contributed by atoms with E-state index in [1.165, 1.54) is 0 Å². The van der Waals surface area contributed by atoms with Crippen molar-refractivity contribution in [3.05, 3.63) is 30.0 Å². The molecule has 0 amide bonds. The highest BCUT2D eigenvalue weighted by Crippen LogP contribution is 2.20. The number of fused-ring (bicyclic) bond motifs is 1. The highest BCUT2D eigenvalue weighted by molar-refractivity contribution is 7.84. The minimum atomic E-state index is -0.986. The molecular weight excluding hydrogens is 258 g/mol. The molecule has 0 aliphatic carbocycles. The summed E-state index contributed by atoms with van der Waals surface area (Å²) in [7, 11) is -0.986. The summed E-state index contributed by atoms with van der Waals surface area (Å²) in [6.45, 7) is 6.67. The minimum absolute atomic E-state index is 0.409. The van der Waals surface area contributed by atoms with Gasteiger partial charge in [0.2, 0.25) is 0 Å². The Balaban J connectivity index is 2.28. The van der Waals surface area contributed by atoms with Gasteiger partial charge < -0.3 is 5.73 Å². The Morgan fingerprint density at radius 1 is 1.37 bits per heavy atom. The van der Waals surface area contributed by atoms with Gasteiger partial charge in [0, 0.05) is 34.0 Å². The summed E-state index contributed by atoms with van der Waals surface area (Å²) < 4.78 is 14.1. The Bertz CT molecular complexity index is 598. The van der Waals surface area contributed by atoms with Crippen molar-refractivity contribution in [3.8, 4) is 0 Å². The van der Waals surface area contributed by atoms with E-state index in [0.717, 1.165) is 23.1 Å². The summed E-state index contributed by atoms with van der Waals surface area (Å²) in [6.07, 6.45) is 0. The first kappa shape index (κ1) is 14.2. The van der Waals surface area contributed by atoms with E-state index in [0.29, 0.717) is 11.5 Å². The predicted molar refractivity (Wildman–Crippen MR) is 80.4 cm³/mol. The molecule has 0 aliphatic rings. The standard InChI is InChI=1S/C14H21N3OS/c1-4-17-13-8-6-5-7-11(13)12(16-17)9-19(18)10-14(2,3)15/h5-8H,4,9-10,15H2,1-3H3. The molecule has 0 spiro atoms. The first-order valence-corrected chi connectivity index (χ1v) is 7.98. The Hall–Kier alpha value is -1.20. The zero-order valence-corrected chi connectivity index (χ0v) is 12.5. The molecule has 19 heavy (non-hydrogen) atoms. The zero-order chi connectivity index (χ0) is 14.0. The van der Waals surface area contributed by atoms with Crippen molar-refractivity contribution in [3.63, 3.8) is 0 Å². The maximum atomic E-state index is 12.2. The summed E-state index contributed by atoms with van der Waals surface area (Å²) in [5, 5.41) is 5.65. The van der Waals surface area contributed by atoms with E-state index in [9.17, 15) is 4.21 Å². The molecule has 0 radical (unpaired) electrons. The summed E-state index contributed by atoms with van der Waals surface area (Å²) >= 11 is 0. The molecule has 1 aromatic heterocycles. The zero-order valence-electron chi connectivity index (χ0n) is 11.7. The van der Waals surface area contributed by atoms with E-state index in [4.69, 9.17) is 5.73 Å². The number of hydrogen-bond donors (Lipinski definition) is 1. The van der Waals surface area contributed by atoms with Gasteiger partial charge in [0.15, 0.2) is 0 Å². The summed E-state index contributed by atoms with van der Waals surface area (Å²) in [5.74, 6) is 0.953. The molecular formula is C14H21N3OS. The van der Waals surface area contributed by atoms with Gasteiger partial charge in [-0.2, -0.15) is 5.10 Å². The quantitative estimate of drug-likeness (QED) is 0.911. The number of benzene rings is 1. The van der Waals surface area contributed by atoms with Gasteiger partial charge >= 0.3 is 0 Å². The number of aromatic nitrogens is 2. The fourth-order valence-electron chi connectivity index (χ4n) is 2.16. The van der Waals surface area contributed by atoms with Crippen molar-refractivity contribution in [2.45, 2.75) is 38.6 Å². The Morgan fingerprint density at radius 3 is 2.68 bits per heavy atom. The molecule has 0 saturated heterocycles. The lowest BCUT2D eigenvalue weighted by Gasteiger charge is -2.16. The summed E-state index contributed by atoms with van der Waals surface area (Å²) in [6, 6.07) is 8.07. The predicted octanol–water partition coefficient (Wildman–Crippen LogP) is 2.04. The van der Waals surface area contributed by atoms with Crippen LogP contribution in [-0.2, 0) is 23.1 Å².